The van der Waals surface area contributed by atoms with Crippen LogP contribution in [0.15, 0.2) is 16.6 Å². The summed E-state index contributed by atoms with van der Waals surface area (Å²) < 4.78 is 40.8. The first-order valence-corrected chi connectivity index (χ1v) is 9.69. The van der Waals surface area contributed by atoms with Crippen LogP contribution in [0, 0.1) is 11.7 Å². The minimum atomic E-state index is -3.76. The normalized spacial score (nSPS) is 18.3. The van der Waals surface area contributed by atoms with Gasteiger partial charge in [-0.25, -0.2) is 17.6 Å². The fraction of sp³-hybridized carbons (Fsp3) is 0.385. The fourth-order valence-electron chi connectivity index (χ4n) is 2.44. The summed E-state index contributed by atoms with van der Waals surface area (Å²) in [6.45, 7) is 0.0237. The Morgan fingerprint density at radius 3 is 2.74 bits per heavy atom. The van der Waals surface area contributed by atoms with Gasteiger partial charge in [-0.15, -0.1) is 0 Å². The van der Waals surface area contributed by atoms with E-state index in [0.29, 0.717) is 0 Å². The monoisotopic (exact) mass is 427 g/mol. The number of amides is 1. The Hall–Kier alpha value is -1.19. The summed E-state index contributed by atoms with van der Waals surface area (Å²) in [4.78, 5) is 25.2. The maximum absolute atomic E-state index is 13.8. The number of esters is 1. The highest BCUT2D eigenvalue weighted by Crippen LogP contribution is 2.33. The highest BCUT2D eigenvalue weighted by Gasteiger charge is 2.35. The molecule has 1 aromatic rings. The molecule has 2 rings (SSSR count). The highest BCUT2D eigenvalue weighted by atomic mass is 79.9. The predicted octanol–water partition coefficient (Wildman–Crippen LogP) is 2.30. The van der Waals surface area contributed by atoms with Gasteiger partial charge in [-0.2, -0.15) is 0 Å². The first kappa shape index (κ1) is 18.2. The van der Waals surface area contributed by atoms with Crippen LogP contribution in [0.5, 0.6) is 0 Å². The lowest BCUT2D eigenvalue weighted by Gasteiger charge is -2.20. The Morgan fingerprint density at radius 2 is 2.17 bits per heavy atom. The minimum absolute atomic E-state index is 0.00325. The van der Waals surface area contributed by atoms with Gasteiger partial charge >= 0.3 is 5.97 Å². The van der Waals surface area contributed by atoms with E-state index in [9.17, 15) is 22.4 Å². The molecule has 1 aliphatic heterocycles. The molecule has 1 aromatic carbocycles. The SMILES string of the molecule is COC(=O)c1cc(Br)c(F)cc1N1CC(CS(=O)(=O)Cl)CC1=O. The van der Waals surface area contributed by atoms with E-state index in [2.05, 4.69) is 20.7 Å². The quantitative estimate of drug-likeness (QED) is 0.543. The zero-order chi connectivity index (χ0) is 17.4. The van der Waals surface area contributed by atoms with Crippen molar-refractivity contribution in [3.05, 3.63) is 28.0 Å². The first-order chi connectivity index (χ1) is 10.6. The summed E-state index contributed by atoms with van der Waals surface area (Å²) in [6, 6.07) is 2.25. The van der Waals surface area contributed by atoms with Gasteiger partial charge in [0.2, 0.25) is 15.0 Å². The van der Waals surface area contributed by atoms with E-state index < -0.39 is 32.7 Å². The maximum atomic E-state index is 13.8. The molecule has 1 saturated heterocycles. The second-order valence-corrected chi connectivity index (χ2v) is 8.73. The lowest BCUT2D eigenvalue weighted by molar-refractivity contribution is -0.117. The van der Waals surface area contributed by atoms with Crippen LogP contribution in [-0.4, -0.2) is 39.7 Å². The van der Waals surface area contributed by atoms with Crippen LogP contribution < -0.4 is 4.90 Å². The summed E-state index contributed by atoms with van der Waals surface area (Å²) in [5.74, 6) is -2.70. The Morgan fingerprint density at radius 1 is 1.52 bits per heavy atom. The van der Waals surface area contributed by atoms with Crippen molar-refractivity contribution in [1.82, 2.24) is 0 Å². The summed E-state index contributed by atoms with van der Waals surface area (Å²) in [7, 11) is 2.61. The molecule has 23 heavy (non-hydrogen) atoms. The molecule has 0 saturated carbocycles. The van der Waals surface area contributed by atoms with Crippen LogP contribution >= 0.6 is 26.6 Å². The van der Waals surface area contributed by atoms with Crippen molar-refractivity contribution < 1.29 is 27.1 Å². The number of halogens is 3. The molecule has 0 spiro atoms. The maximum Gasteiger partial charge on any atom is 0.340 e. The average molecular weight is 429 g/mol. The van der Waals surface area contributed by atoms with E-state index in [1.54, 1.807) is 0 Å². The van der Waals surface area contributed by atoms with Crippen molar-refractivity contribution in [3.63, 3.8) is 0 Å². The van der Waals surface area contributed by atoms with Crippen LogP contribution in [0.2, 0.25) is 0 Å². The standard InChI is InChI=1S/C13H12BrClFNO5S/c1-22-13(19)8-3-9(14)10(16)4-11(8)17-5-7(2-12(17)18)6-23(15,20)21/h3-4,7H,2,5-6H2,1H3. The van der Waals surface area contributed by atoms with Gasteiger partial charge in [-0.05, 0) is 28.1 Å². The van der Waals surface area contributed by atoms with E-state index in [-0.39, 0.29) is 34.4 Å². The molecule has 0 aliphatic carbocycles. The molecule has 0 radical (unpaired) electrons. The number of anilines is 1. The van der Waals surface area contributed by atoms with Crippen LogP contribution in [0.1, 0.15) is 16.8 Å². The number of carbonyl (C=O) groups is 2. The van der Waals surface area contributed by atoms with Crippen molar-refractivity contribution in [2.24, 2.45) is 5.92 Å². The van der Waals surface area contributed by atoms with Gasteiger partial charge in [-0.1, -0.05) is 0 Å². The Labute approximate surface area is 145 Å². The number of carbonyl (C=O) groups excluding carboxylic acids is 2. The molecular weight excluding hydrogens is 417 g/mol. The summed E-state index contributed by atoms with van der Waals surface area (Å²) in [5, 5.41) is 0. The fourth-order valence-corrected chi connectivity index (χ4v) is 4.10. The lowest BCUT2D eigenvalue weighted by Crippen LogP contribution is -2.27. The molecule has 126 valence electrons. The third-order valence-corrected chi connectivity index (χ3v) is 5.23. The lowest BCUT2D eigenvalue weighted by atomic mass is 10.1. The number of ether oxygens (including phenoxy) is 1. The summed E-state index contributed by atoms with van der Waals surface area (Å²) >= 11 is 2.97. The number of hydrogen-bond donors (Lipinski definition) is 0. The molecule has 1 fully saturated rings. The molecule has 0 aromatic heterocycles. The Kier molecular flexibility index (Phi) is 5.32. The Bertz CT molecular complexity index is 770. The van der Waals surface area contributed by atoms with Gasteiger partial charge in [0, 0.05) is 29.6 Å². The van der Waals surface area contributed by atoms with Gasteiger partial charge in [-0.3, -0.25) is 4.79 Å². The average Bonchev–Trinajstić information content (AvgIpc) is 2.78. The smallest absolute Gasteiger partial charge is 0.340 e. The molecule has 1 heterocycles. The van der Waals surface area contributed by atoms with Crippen molar-refractivity contribution in [2.45, 2.75) is 6.42 Å². The molecule has 1 atom stereocenters. The highest BCUT2D eigenvalue weighted by molar-refractivity contribution is 9.10. The number of nitrogens with zero attached hydrogens (tertiary/aromatic N) is 1. The molecule has 0 bridgehead atoms. The van der Waals surface area contributed by atoms with Crippen LogP contribution in [0.3, 0.4) is 0 Å². The summed E-state index contributed by atoms with van der Waals surface area (Å²) in [6.07, 6.45) is -0.0513. The van der Waals surface area contributed by atoms with Crippen molar-refractivity contribution in [2.75, 3.05) is 24.3 Å². The largest absolute Gasteiger partial charge is 0.465 e. The minimum Gasteiger partial charge on any atom is -0.465 e. The van der Waals surface area contributed by atoms with E-state index >= 15 is 0 Å². The Balaban J connectivity index is 2.40. The number of methoxy groups -OCH3 is 1. The van der Waals surface area contributed by atoms with Gasteiger partial charge in [0.05, 0.1) is 28.6 Å². The molecule has 1 aliphatic rings. The summed E-state index contributed by atoms with van der Waals surface area (Å²) in [5.41, 5.74) is 0.0422. The van der Waals surface area contributed by atoms with E-state index in [4.69, 9.17) is 10.7 Å². The third kappa shape index (κ3) is 4.21. The van der Waals surface area contributed by atoms with Gasteiger partial charge < -0.3 is 9.64 Å². The number of benzene rings is 1. The molecule has 1 amide bonds. The van der Waals surface area contributed by atoms with E-state index in [1.807, 2.05) is 0 Å². The van der Waals surface area contributed by atoms with E-state index in [1.165, 1.54) is 11.0 Å². The molecule has 0 N–H and O–H groups in total. The first-order valence-electron chi connectivity index (χ1n) is 6.42. The number of hydrogen-bond acceptors (Lipinski definition) is 5. The van der Waals surface area contributed by atoms with Crippen LogP contribution in [-0.2, 0) is 18.6 Å². The van der Waals surface area contributed by atoms with Crippen molar-refractivity contribution >= 4 is 53.2 Å². The third-order valence-electron chi connectivity index (χ3n) is 3.37. The van der Waals surface area contributed by atoms with Gasteiger partial charge in [0.25, 0.3) is 0 Å². The second kappa shape index (κ2) is 6.74. The zero-order valence-electron chi connectivity index (χ0n) is 11.9. The van der Waals surface area contributed by atoms with Crippen LogP contribution in [0.25, 0.3) is 0 Å². The van der Waals surface area contributed by atoms with Gasteiger partial charge in [0.15, 0.2) is 0 Å². The van der Waals surface area contributed by atoms with E-state index in [0.717, 1.165) is 13.2 Å². The number of rotatable bonds is 4. The van der Waals surface area contributed by atoms with Crippen molar-refractivity contribution in [3.8, 4) is 0 Å². The predicted molar refractivity (Wildman–Crippen MR) is 85.5 cm³/mol. The zero-order valence-corrected chi connectivity index (χ0v) is 15.0. The molecule has 10 heteroatoms. The van der Waals surface area contributed by atoms with Crippen LogP contribution in [0.4, 0.5) is 10.1 Å². The molecule has 1 unspecified atom stereocenters. The second-order valence-electron chi connectivity index (χ2n) is 5.06. The van der Waals surface area contributed by atoms with Crippen molar-refractivity contribution in [1.29, 1.82) is 0 Å². The van der Waals surface area contributed by atoms with Gasteiger partial charge in [0.1, 0.15) is 5.82 Å². The topological polar surface area (TPSA) is 80.8 Å². The molecule has 6 nitrogen and oxygen atoms in total. The molecular formula is C13H12BrClFNO5S.